The Morgan fingerprint density at radius 3 is 2.59 bits per heavy atom. The van der Waals surface area contributed by atoms with Crippen molar-refractivity contribution in [2.24, 2.45) is 0 Å². The molecule has 0 amide bonds. The molecule has 0 saturated carbocycles. The van der Waals surface area contributed by atoms with Crippen molar-refractivity contribution < 1.29 is 9.53 Å². The molecule has 2 aromatic carbocycles. The Bertz CT molecular complexity index is 570. The lowest BCUT2D eigenvalue weighted by Gasteiger charge is -2.06. The summed E-state index contributed by atoms with van der Waals surface area (Å²) in [7, 11) is 0. The number of esters is 1. The second-order valence-corrected chi connectivity index (χ2v) is 3.86. The summed E-state index contributed by atoms with van der Waals surface area (Å²) >= 11 is 0. The molecule has 0 aromatic heterocycles. The van der Waals surface area contributed by atoms with Crippen molar-refractivity contribution in [3.63, 3.8) is 0 Å². The van der Waals surface area contributed by atoms with E-state index in [0.29, 0.717) is 17.7 Å². The molecule has 2 nitrogen and oxygen atoms in total. The molecule has 0 saturated heterocycles. The monoisotopic (exact) mass is 226 g/mol. The molecule has 0 unspecified atom stereocenters. The zero-order valence-electron chi connectivity index (χ0n) is 9.77. The van der Waals surface area contributed by atoms with Crippen LogP contribution in [-0.4, -0.2) is 5.97 Å². The molecule has 0 atom stereocenters. The number of benzene rings is 2. The van der Waals surface area contributed by atoms with Crippen LogP contribution in [0.15, 0.2) is 54.6 Å². The van der Waals surface area contributed by atoms with Gasteiger partial charge in [0.1, 0.15) is 5.75 Å². The van der Waals surface area contributed by atoms with Gasteiger partial charge in [-0.3, -0.25) is 0 Å². The minimum Gasteiger partial charge on any atom is -0.423 e. The van der Waals surface area contributed by atoms with Crippen LogP contribution in [0.1, 0.15) is 13.3 Å². The molecule has 0 spiro atoms. The number of carbonyl (C=O) groups is 1. The van der Waals surface area contributed by atoms with Crippen LogP contribution < -0.4 is 4.74 Å². The topological polar surface area (TPSA) is 26.3 Å². The highest BCUT2D eigenvalue weighted by molar-refractivity contribution is 5.90. The minimum absolute atomic E-state index is 0.359. The molecular formula is C15H14O2. The number of rotatable bonds is 3. The van der Waals surface area contributed by atoms with Gasteiger partial charge in [-0.1, -0.05) is 43.8 Å². The number of carbonyl (C=O) groups excluding carboxylic acids is 1. The number of ether oxygens (including phenoxy) is 1. The summed E-state index contributed by atoms with van der Waals surface area (Å²) in [4.78, 5) is 11.6. The Morgan fingerprint density at radius 2 is 1.88 bits per heavy atom. The zero-order valence-corrected chi connectivity index (χ0v) is 9.77. The number of fused-ring (bicyclic) bond motifs is 1. The molecular weight excluding hydrogens is 212 g/mol. The Hall–Kier alpha value is -2.09. The van der Waals surface area contributed by atoms with Gasteiger partial charge in [0.25, 0.3) is 0 Å². The molecule has 2 heteroatoms. The van der Waals surface area contributed by atoms with Gasteiger partial charge in [-0.25, -0.2) is 4.79 Å². The van der Waals surface area contributed by atoms with E-state index in [2.05, 4.69) is 6.58 Å². The summed E-state index contributed by atoms with van der Waals surface area (Å²) in [5, 5.41) is 2.18. The van der Waals surface area contributed by atoms with Crippen LogP contribution in [0, 0.1) is 0 Å². The fourth-order valence-electron chi connectivity index (χ4n) is 1.55. The van der Waals surface area contributed by atoms with E-state index in [1.54, 1.807) is 6.07 Å². The third-order valence-corrected chi connectivity index (χ3v) is 2.65. The van der Waals surface area contributed by atoms with Gasteiger partial charge in [-0.15, -0.1) is 0 Å². The first-order chi connectivity index (χ1) is 8.20. The van der Waals surface area contributed by atoms with Crippen molar-refractivity contribution in [1.82, 2.24) is 0 Å². The third kappa shape index (κ3) is 2.53. The zero-order chi connectivity index (χ0) is 12.3. The van der Waals surface area contributed by atoms with Gasteiger partial charge in [-0.05, 0) is 29.3 Å². The van der Waals surface area contributed by atoms with Crippen LogP contribution in [-0.2, 0) is 4.79 Å². The molecule has 0 N–H and O–H groups in total. The molecule has 0 radical (unpaired) electrons. The highest BCUT2D eigenvalue weighted by Crippen LogP contribution is 2.21. The van der Waals surface area contributed by atoms with Gasteiger partial charge in [0.15, 0.2) is 0 Å². The second kappa shape index (κ2) is 4.83. The summed E-state index contributed by atoms with van der Waals surface area (Å²) in [5.41, 5.74) is 0.484. The smallest absolute Gasteiger partial charge is 0.338 e. The van der Waals surface area contributed by atoms with E-state index in [1.807, 2.05) is 43.3 Å². The standard InChI is InChI=1S/C15H14O2/c1-3-11(2)15(16)17-14-9-8-12-6-4-5-7-13(12)10-14/h4-10H,2-3H2,1H3. The SMILES string of the molecule is C=C(CC)C(=O)Oc1ccc2ccccc2c1. The maximum absolute atomic E-state index is 11.6. The third-order valence-electron chi connectivity index (χ3n) is 2.65. The number of hydrogen-bond acceptors (Lipinski definition) is 2. The Labute approximate surface area is 101 Å². The Kier molecular flexibility index (Phi) is 3.24. The van der Waals surface area contributed by atoms with Gasteiger partial charge >= 0.3 is 5.97 Å². The lowest BCUT2D eigenvalue weighted by molar-refractivity contribution is -0.130. The van der Waals surface area contributed by atoms with Crippen molar-refractivity contribution in [1.29, 1.82) is 0 Å². The van der Waals surface area contributed by atoms with Crippen LogP contribution in [0.5, 0.6) is 5.75 Å². The van der Waals surface area contributed by atoms with E-state index in [-0.39, 0.29) is 5.97 Å². The van der Waals surface area contributed by atoms with E-state index < -0.39 is 0 Å². The molecule has 86 valence electrons. The summed E-state index contributed by atoms with van der Waals surface area (Å²) in [6.45, 7) is 5.54. The molecule has 2 aromatic rings. The van der Waals surface area contributed by atoms with Crippen LogP contribution in [0.25, 0.3) is 10.8 Å². The summed E-state index contributed by atoms with van der Waals surface area (Å²) in [6, 6.07) is 13.5. The van der Waals surface area contributed by atoms with Crippen LogP contribution in [0.2, 0.25) is 0 Å². The lowest BCUT2D eigenvalue weighted by Crippen LogP contribution is -2.09. The van der Waals surface area contributed by atoms with Crippen molar-refractivity contribution in [2.45, 2.75) is 13.3 Å². The predicted molar refractivity (Wildman–Crippen MR) is 69.0 cm³/mol. The minimum atomic E-state index is -0.359. The summed E-state index contributed by atoms with van der Waals surface area (Å²) < 4.78 is 5.24. The highest BCUT2D eigenvalue weighted by Gasteiger charge is 2.07. The largest absolute Gasteiger partial charge is 0.423 e. The average Bonchev–Trinajstić information content (AvgIpc) is 2.37. The maximum Gasteiger partial charge on any atom is 0.338 e. The van der Waals surface area contributed by atoms with Crippen molar-refractivity contribution in [2.75, 3.05) is 0 Å². The van der Waals surface area contributed by atoms with E-state index >= 15 is 0 Å². The van der Waals surface area contributed by atoms with Gasteiger partial charge < -0.3 is 4.74 Å². The van der Waals surface area contributed by atoms with Crippen LogP contribution in [0.3, 0.4) is 0 Å². The fourth-order valence-corrected chi connectivity index (χ4v) is 1.55. The van der Waals surface area contributed by atoms with Crippen molar-refractivity contribution >= 4 is 16.7 Å². The van der Waals surface area contributed by atoms with Crippen LogP contribution in [0.4, 0.5) is 0 Å². The first kappa shape index (κ1) is 11.4. The van der Waals surface area contributed by atoms with E-state index in [0.717, 1.165) is 10.8 Å². The number of hydrogen-bond donors (Lipinski definition) is 0. The van der Waals surface area contributed by atoms with E-state index in [9.17, 15) is 4.79 Å². The molecule has 0 aliphatic heterocycles. The molecule has 0 fully saturated rings. The molecule has 0 bridgehead atoms. The maximum atomic E-state index is 11.6. The molecule has 0 aliphatic carbocycles. The molecule has 2 rings (SSSR count). The lowest BCUT2D eigenvalue weighted by atomic mass is 10.1. The van der Waals surface area contributed by atoms with Gasteiger partial charge in [0.05, 0.1) is 0 Å². The van der Waals surface area contributed by atoms with Crippen molar-refractivity contribution in [3.8, 4) is 5.75 Å². The quantitative estimate of drug-likeness (QED) is 0.453. The Balaban J connectivity index is 2.25. The molecule has 17 heavy (non-hydrogen) atoms. The Morgan fingerprint density at radius 1 is 1.18 bits per heavy atom. The first-order valence-electron chi connectivity index (χ1n) is 5.59. The molecule has 0 heterocycles. The van der Waals surface area contributed by atoms with Crippen molar-refractivity contribution in [3.05, 3.63) is 54.6 Å². The first-order valence-corrected chi connectivity index (χ1v) is 5.59. The van der Waals surface area contributed by atoms with Gasteiger partial charge in [0.2, 0.25) is 0 Å². The molecule has 0 aliphatic rings. The highest BCUT2D eigenvalue weighted by atomic mass is 16.5. The predicted octanol–water partition coefficient (Wildman–Crippen LogP) is 3.71. The van der Waals surface area contributed by atoms with Crippen LogP contribution >= 0.6 is 0 Å². The normalized spacial score (nSPS) is 10.2. The van der Waals surface area contributed by atoms with E-state index in [1.165, 1.54) is 0 Å². The summed E-state index contributed by atoms with van der Waals surface area (Å²) in [6.07, 6.45) is 0.604. The van der Waals surface area contributed by atoms with Gasteiger partial charge in [-0.2, -0.15) is 0 Å². The average molecular weight is 226 g/mol. The van der Waals surface area contributed by atoms with E-state index in [4.69, 9.17) is 4.74 Å². The second-order valence-electron chi connectivity index (χ2n) is 3.86. The summed E-state index contributed by atoms with van der Waals surface area (Å²) in [5.74, 6) is 0.200. The van der Waals surface area contributed by atoms with Gasteiger partial charge in [0, 0.05) is 5.57 Å². The fraction of sp³-hybridized carbons (Fsp3) is 0.133.